The van der Waals surface area contributed by atoms with Crippen LogP contribution in [0, 0.1) is 6.92 Å². The molecule has 1 aliphatic heterocycles. The van der Waals surface area contributed by atoms with Crippen molar-refractivity contribution in [1.82, 2.24) is 24.8 Å². The zero-order valence-electron chi connectivity index (χ0n) is 17.0. The van der Waals surface area contributed by atoms with E-state index in [1.165, 1.54) is 17.4 Å². The molecule has 1 saturated heterocycles. The predicted octanol–water partition coefficient (Wildman–Crippen LogP) is 4.81. The Bertz CT molecular complexity index is 1170. The standard InChI is InChI=1S/C24H24N6/c1-17-5-2-8-23(27-17)29-24-15-25-14-21(28-24)22-7-4-12-30(22)16-18-9-10-20-19(13-18)6-3-11-26-20/h2-3,5-6,8-11,13-15,22H,4,7,12,16H2,1H3,(H,27,28,29)/t22-/m0/s1. The smallest absolute Gasteiger partial charge is 0.150 e. The SMILES string of the molecule is Cc1cccc(Nc2cncc([C@@H]3CCCN3Cc3ccc4ncccc4c3)n2)n1. The largest absolute Gasteiger partial charge is 0.324 e. The van der Waals surface area contributed by atoms with Crippen LogP contribution < -0.4 is 5.32 Å². The van der Waals surface area contributed by atoms with E-state index in [2.05, 4.69) is 49.4 Å². The van der Waals surface area contributed by atoms with Gasteiger partial charge < -0.3 is 5.32 Å². The maximum Gasteiger partial charge on any atom is 0.150 e. The van der Waals surface area contributed by atoms with Crippen molar-refractivity contribution in [2.45, 2.75) is 32.4 Å². The predicted molar refractivity (Wildman–Crippen MR) is 118 cm³/mol. The molecule has 0 radical (unpaired) electrons. The number of aromatic nitrogens is 4. The fourth-order valence-electron chi connectivity index (χ4n) is 4.15. The molecule has 5 rings (SSSR count). The molecule has 1 aromatic carbocycles. The van der Waals surface area contributed by atoms with Crippen LogP contribution >= 0.6 is 0 Å². The minimum absolute atomic E-state index is 0.273. The molecule has 1 atom stereocenters. The number of rotatable bonds is 5. The third kappa shape index (κ3) is 4.00. The Morgan fingerprint density at radius 2 is 2.00 bits per heavy atom. The van der Waals surface area contributed by atoms with E-state index < -0.39 is 0 Å². The van der Waals surface area contributed by atoms with Crippen LogP contribution in [0.4, 0.5) is 11.6 Å². The Balaban J connectivity index is 1.35. The first kappa shape index (κ1) is 18.6. The van der Waals surface area contributed by atoms with Crippen molar-refractivity contribution in [2.24, 2.45) is 0 Å². The lowest BCUT2D eigenvalue weighted by atomic mass is 10.1. The van der Waals surface area contributed by atoms with Crippen LogP contribution in [0.1, 0.15) is 35.8 Å². The molecular formula is C24H24N6. The number of likely N-dealkylation sites (tertiary alicyclic amines) is 1. The fourth-order valence-corrected chi connectivity index (χ4v) is 4.15. The molecule has 0 saturated carbocycles. The Kier molecular flexibility index (Phi) is 5.07. The summed E-state index contributed by atoms with van der Waals surface area (Å²) >= 11 is 0. The summed E-state index contributed by atoms with van der Waals surface area (Å²) in [4.78, 5) is 20.7. The lowest BCUT2D eigenvalue weighted by Gasteiger charge is -2.24. The first-order chi connectivity index (χ1) is 14.7. The summed E-state index contributed by atoms with van der Waals surface area (Å²) in [6.45, 7) is 3.94. The molecule has 150 valence electrons. The van der Waals surface area contributed by atoms with E-state index in [0.29, 0.717) is 0 Å². The van der Waals surface area contributed by atoms with Gasteiger partial charge in [0.15, 0.2) is 0 Å². The maximum absolute atomic E-state index is 4.86. The van der Waals surface area contributed by atoms with Crippen LogP contribution in [0.25, 0.3) is 10.9 Å². The molecule has 30 heavy (non-hydrogen) atoms. The van der Waals surface area contributed by atoms with E-state index in [1.807, 2.05) is 43.6 Å². The Morgan fingerprint density at radius 1 is 1.03 bits per heavy atom. The molecule has 3 aromatic heterocycles. The van der Waals surface area contributed by atoms with Gasteiger partial charge in [0.05, 0.1) is 29.6 Å². The Hall–Kier alpha value is -3.38. The Labute approximate surface area is 176 Å². The number of hydrogen-bond donors (Lipinski definition) is 1. The van der Waals surface area contributed by atoms with Crippen LogP contribution in [0.2, 0.25) is 0 Å². The lowest BCUT2D eigenvalue weighted by molar-refractivity contribution is 0.244. The number of hydrogen-bond acceptors (Lipinski definition) is 6. The summed E-state index contributed by atoms with van der Waals surface area (Å²) in [5, 5.41) is 4.47. The number of pyridine rings is 2. The van der Waals surface area contributed by atoms with Gasteiger partial charge in [-0.25, -0.2) is 9.97 Å². The molecule has 4 heterocycles. The highest BCUT2D eigenvalue weighted by molar-refractivity contribution is 5.78. The van der Waals surface area contributed by atoms with Gasteiger partial charge in [-0.1, -0.05) is 18.2 Å². The van der Waals surface area contributed by atoms with Gasteiger partial charge >= 0.3 is 0 Å². The van der Waals surface area contributed by atoms with Crippen molar-refractivity contribution in [2.75, 3.05) is 11.9 Å². The number of anilines is 2. The first-order valence-electron chi connectivity index (χ1n) is 10.3. The summed E-state index contributed by atoms with van der Waals surface area (Å²) < 4.78 is 0. The molecular weight excluding hydrogens is 372 g/mol. The van der Waals surface area contributed by atoms with E-state index in [0.717, 1.165) is 48.1 Å². The van der Waals surface area contributed by atoms with E-state index in [4.69, 9.17) is 4.98 Å². The van der Waals surface area contributed by atoms with Crippen molar-refractivity contribution in [1.29, 1.82) is 0 Å². The molecule has 6 heteroatoms. The van der Waals surface area contributed by atoms with Crippen molar-refractivity contribution in [3.05, 3.63) is 84.1 Å². The van der Waals surface area contributed by atoms with E-state index in [9.17, 15) is 0 Å². The number of nitrogens with one attached hydrogen (secondary N) is 1. The second kappa shape index (κ2) is 8.16. The molecule has 0 aliphatic carbocycles. The van der Waals surface area contributed by atoms with Crippen LogP contribution in [0.3, 0.4) is 0 Å². The van der Waals surface area contributed by atoms with Crippen molar-refractivity contribution in [3.63, 3.8) is 0 Å². The minimum atomic E-state index is 0.273. The average Bonchev–Trinajstić information content (AvgIpc) is 3.22. The minimum Gasteiger partial charge on any atom is -0.324 e. The monoisotopic (exact) mass is 396 g/mol. The zero-order chi connectivity index (χ0) is 20.3. The molecule has 0 spiro atoms. The molecule has 0 amide bonds. The molecule has 1 fully saturated rings. The second-order valence-electron chi connectivity index (χ2n) is 7.78. The summed E-state index contributed by atoms with van der Waals surface area (Å²) in [5.41, 5.74) is 4.31. The van der Waals surface area contributed by atoms with Gasteiger partial charge in [0.2, 0.25) is 0 Å². The first-order valence-corrected chi connectivity index (χ1v) is 10.3. The van der Waals surface area contributed by atoms with E-state index in [1.54, 1.807) is 6.20 Å². The van der Waals surface area contributed by atoms with Gasteiger partial charge in [0.25, 0.3) is 0 Å². The van der Waals surface area contributed by atoms with E-state index in [-0.39, 0.29) is 6.04 Å². The van der Waals surface area contributed by atoms with Crippen molar-refractivity contribution in [3.8, 4) is 0 Å². The van der Waals surface area contributed by atoms with Crippen molar-refractivity contribution < 1.29 is 0 Å². The topological polar surface area (TPSA) is 66.8 Å². The van der Waals surface area contributed by atoms with E-state index >= 15 is 0 Å². The fraction of sp³-hybridized carbons (Fsp3) is 0.250. The Morgan fingerprint density at radius 3 is 2.93 bits per heavy atom. The molecule has 0 unspecified atom stereocenters. The molecule has 6 nitrogen and oxygen atoms in total. The zero-order valence-corrected chi connectivity index (χ0v) is 17.0. The summed E-state index contributed by atoms with van der Waals surface area (Å²) in [7, 11) is 0. The van der Waals surface area contributed by atoms with Gasteiger partial charge in [-0.2, -0.15) is 0 Å². The van der Waals surface area contributed by atoms with Crippen LogP contribution in [0.15, 0.2) is 67.1 Å². The second-order valence-corrected chi connectivity index (χ2v) is 7.78. The number of aryl methyl sites for hydroxylation is 1. The average molecular weight is 396 g/mol. The summed E-state index contributed by atoms with van der Waals surface area (Å²) in [5.74, 6) is 1.52. The summed E-state index contributed by atoms with van der Waals surface area (Å²) in [6, 6.07) is 16.8. The van der Waals surface area contributed by atoms with Gasteiger partial charge in [-0.3, -0.25) is 14.9 Å². The highest BCUT2D eigenvalue weighted by Gasteiger charge is 2.27. The molecule has 4 aromatic rings. The van der Waals surface area contributed by atoms with Crippen LogP contribution in [0.5, 0.6) is 0 Å². The third-order valence-corrected chi connectivity index (χ3v) is 5.56. The highest BCUT2D eigenvalue weighted by atomic mass is 15.2. The molecule has 1 N–H and O–H groups in total. The normalized spacial score (nSPS) is 16.8. The van der Waals surface area contributed by atoms with Gasteiger partial charge in [0.1, 0.15) is 11.6 Å². The third-order valence-electron chi connectivity index (χ3n) is 5.56. The van der Waals surface area contributed by atoms with Crippen molar-refractivity contribution >= 4 is 22.5 Å². The number of nitrogens with zero attached hydrogens (tertiary/aromatic N) is 5. The molecule has 1 aliphatic rings. The lowest BCUT2D eigenvalue weighted by Crippen LogP contribution is -2.23. The highest BCUT2D eigenvalue weighted by Crippen LogP contribution is 2.32. The van der Waals surface area contributed by atoms with Gasteiger partial charge in [-0.15, -0.1) is 0 Å². The van der Waals surface area contributed by atoms with Crippen LogP contribution in [-0.2, 0) is 6.54 Å². The maximum atomic E-state index is 4.86. The van der Waals surface area contributed by atoms with Crippen LogP contribution in [-0.4, -0.2) is 31.4 Å². The quantitative estimate of drug-likeness (QED) is 0.522. The molecule has 0 bridgehead atoms. The van der Waals surface area contributed by atoms with Gasteiger partial charge in [0, 0.05) is 23.8 Å². The number of fused-ring (bicyclic) bond motifs is 1. The summed E-state index contributed by atoms with van der Waals surface area (Å²) in [6.07, 6.45) is 7.74. The van der Waals surface area contributed by atoms with Gasteiger partial charge in [-0.05, 0) is 62.2 Å². The number of benzene rings is 1.